The van der Waals surface area contributed by atoms with Crippen molar-refractivity contribution in [1.82, 2.24) is 0 Å². The Morgan fingerprint density at radius 2 is 1.62 bits per heavy atom. The third-order valence-corrected chi connectivity index (χ3v) is 1.74. The van der Waals surface area contributed by atoms with E-state index >= 15 is 0 Å². The molecule has 0 aliphatic carbocycles. The van der Waals surface area contributed by atoms with Crippen LogP contribution in [0, 0.1) is 17.5 Å². The lowest BCUT2D eigenvalue weighted by atomic mass is 10.1. The van der Waals surface area contributed by atoms with Gasteiger partial charge in [0.15, 0.2) is 11.6 Å². The Hall–Kier alpha value is -1.45. The number of halogens is 3. The molecule has 0 amide bonds. The first-order chi connectivity index (χ1) is 6.16. The second kappa shape index (κ2) is 2.80. The molecule has 1 aliphatic heterocycles. The monoisotopic (exact) mass is 186 g/mol. The van der Waals surface area contributed by atoms with Crippen LogP contribution in [0.5, 0.6) is 0 Å². The van der Waals surface area contributed by atoms with E-state index in [2.05, 4.69) is 4.74 Å². The molecule has 13 heavy (non-hydrogen) atoms. The zero-order chi connectivity index (χ0) is 9.42. The van der Waals surface area contributed by atoms with Gasteiger partial charge in [0.05, 0.1) is 0 Å². The molecule has 0 radical (unpaired) electrons. The van der Waals surface area contributed by atoms with E-state index in [9.17, 15) is 13.2 Å². The predicted molar refractivity (Wildman–Crippen MR) is 39.2 cm³/mol. The van der Waals surface area contributed by atoms with Gasteiger partial charge in [-0.2, -0.15) is 0 Å². The smallest absolute Gasteiger partial charge is 0.161 e. The first kappa shape index (κ1) is 8.16. The van der Waals surface area contributed by atoms with Crippen molar-refractivity contribution in [1.29, 1.82) is 0 Å². The molecule has 0 saturated carbocycles. The quantitative estimate of drug-likeness (QED) is 0.646. The van der Waals surface area contributed by atoms with Gasteiger partial charge in [0, 0.05) is 12.5 Å². The average Bonchev–Trinajstić information content (AvgIpc) is 2.84. The molecule has 0 N–H and O–H groups in total. The van der Waals surface area contributed by atoms with Crippen LogP contribution in [0.4, 0.5) is 13.2 Å². The molecule has 1 heterocycles. The Morgan fingerprint density at radius 3 is 2.23 bits per heavy atom. The number of rotatable bonds is 2. The van der Waals surface area contributed by atoms with E-state index in [4.69, 9.17) is 0 Å². The summed E-state index contributed by atoms with van der Waals surface area (Å²) in [5.41, 5.74) is 0.0997. The fraction of sp³-hybridized carbons (Fsp3) is 0.111. The first-order valence-corrected chi connectivity index (χ1v) is 3.66. The van der Waals surface area contributed by atoms with Crippen molar-refractivity contribution in [2.24, 2.45) is 0 Å². The van der Waals surface area contributed by atoms with Crippen molar-refractivity contribution in [2.45, 2.75) is 6.42 Å². The van der Waals surface area contributed by atoms with Crippen molar-refractivity contribution in [3.8, 4) is 0 Å². The van der Waals surface area contributed by atoms with Gasteiger partial charge in [-0.15, -0.1) is 0 Å². The van der Waals surface area contributed by atoms with Crippen LogP contribution in [0.2, 0.25) is 0 Å². The molecule has 0 aromatic heterocycles. The van der Waals surface area contributed by atoms with Gasteiger partial charge in [0.1, 0.15) is 17.8 Å². The van der Waals surface area contributed by atoms with Gasteiger partial charge >= 0.3 is 0 Å². The maximum absolute atomic E-state index is 12.9. The number of ether oxygens (including phenoxy) is 1. The van der Waals surface area contributed by atoms with Gasteiger partial charge in [-0.25, -0.2) is 13.2 Å². The van der Waals surface area contributed by atoms with Gasteiger partial charge < -0.3 is 4.74 Å². The SMILES string of the molecule is Fc1cc(F)c(CC2=CO2)cc1F. The van der Waals surface area contributed by atoms with Crippen LogP contribution in [0.3, 0.4) is 0 Å². The van der Waals surface area contributed by atoms with Gasteiger partial charge in [-0.1, -0.05) is 0 Å². The van der Waals surface area contributed by atoms with E-state index < -0.39 is 17.5 Å². The topological polar surface area (TPSA) is 12.5 Å². The van der Waals surface area contributed by atoms with E-state index in [1.54, 1.807) is 0 Å². The Morgan fingerprint density at radius 1 is 1.00 bits per heavy atom. The summed E-state index contributed by atoms with van der Waals surface area (Å²) in [5, 5.41) is 0. The molecule has 1 aliphatic rings. The molecule has 0 fully saturated rings. The van der Waals surface area contributed by atoms with Crippen molar-refractivity contribution in [3.63, 3.8) is 0 Å². The summed E-state index contributed by atoms with van der Waals surface area (Å²) < 4.78 is 42.7. The molecule has 4 heteroatoms. The summed E-state index contributed by atoms with van der Waals surface area (Å²) in [6, 6.07) is 1.38. The molecule has 0 spiro atoms. The van der Waals surface area contributed by atoms with E-state index in [-0.39, 0.29) is 12.0 Å². The van der Waals surface area contributed by atoms with E-state index in [0.717, 1.165) is 6.07 Å². The summed E-state index contributed by atoms with van der Waals surface area (Å²) in [5.74, 6) is -2.40. The Bertz CT molecular complexity index is 385. The Balaban J connectivity index is 2.33. The lowest BCUT2D eigenvalue weighted by Crippen LogP contribution is -1.94. The van der Waals surface area contributed by atoms with Gasteiger partial charge in [0.2, 0.25) is 0 Å². The van der Waals surface area contributed by atoms with Crippen LogP contribution in [0.1, 0.15) is 5.56 Å². The highest BCUT2D eigenvalue weighted by Crippen LogP contribution is 2.22. The molecule has 0 saturated heterocycles. The summed E-state index contributed by atoms with van der Waals surface area (Å²) in [7, 11) is 0. The highest BCUT2D eigenvalue weighted by molar-refractivity contribution is 5.25. The Kier molecular flexibility index (Phi) is 1.76. The van der Waals surface area contributed by atoms with E-state index in [0.29, 0.717) is 11.8 Å². The fourth-order valence-corrected chi connectivity index (χ4v) is 1.01. The second-order valence-corrected chi connectivity index (χ2v) is 2.74. The van der Waals surface area contributed by atoms with Crippen molar-refractivity contribution < 1.29 is 17.9 Å². The van der Waals surface area contributed by atoms with E-state index in [1.807, 2.05) is 0 Å². The van der Waals surface area contributed by atoms with Gasteiger partial charge in [-0.3, -0.25) is 0 Å². The maximum atomic E-state index is 12.9. The highest BCUT2D eigenvalue weighted by atomic mass is 19.2. The minimum atomic E-state index is -1.17. The zero-order valence-corrected chi connectivity index (χ0v) is 6.48. The molecular formula is C9H5F3O. The molecule has 1 aromatic rings. The lowest BCUT2D eigenvalue weighted by Gasteiger charge is -2.00. The fourth-order valence-electron chi connectivity index (χ4n) is 1.01. The molecule has 0 atom stereocenters. The van der Waals surface area contributed by atoms with Crippen LogP contribution in [-0.4, -0.2) is 0 Å². The molecule has 0 bridgehead atoms. The lowest BCUT2D eigenvalue weighted by molar-refractivity contribution is 0.476. The molecule has 68 valence electrons. The van der Waals surface area contributed by atoms with Crippen LogP contribution >= 0.6 is 0 Å². The van der Waals surface area contributed by atoms with Crippen molar-refractivity contribution in [3.05, 3.63) is 47.2 Å². The molecule has 1 aromatic carbocycles. The number of benzene rings is 1. The number of hydrogen-bond donors (Lipinski definition) is 0. The molecule has 2 rings (SSSR count). The first-order valence-electron chi connectivity index (χ1n) is 3.66. The van der Waals surface area contributed by atoms with E-state index in [1.165, 1.54) is 6.26 Å². The third kappa shape index (κ3) is 1.66. The summed E-state index contributed by atoms with van der Waals surface area (Å²) in [6.07, 6.45) is 1.60. The standard InChI is InChI=1S/C9H5F3O/c10-7-3-9(12)8(11)2-5(7)1-6-4-13-6/h2-4H,1H2. The summed E-state index contributed by atoms with van der Waals surface area (Å²) in [6.45, 7) is 0. The molecule has 0 unspecified atom stereocenters. The zero-order valence-electron chi connectivity index (χ0n) is 6.48. The third-order valence-electron chi connectivity index (χ3n) is 1.74. The largest absolute Gasteiger partial charge is 0.462 e. The highest BCUT2D eigenvalue weighted by Gasteiger charge is 2.16. The molecular weight excluding hydrogens is 181 g/mol. The maximum Gasteiger partial charge on any atom is 0.161 e. The summed E-state index contributed by atoms with van der Waals surface area (Å²) >= 11 is 0. The van der Waals surface area contributed by atoms with Crippen LogP contribution in [0.15, 0.2) is 24.2 Å². The molecule has 1 nitrogen and oxygen atoms in total. The summed E-state index contributed by atoms with van der Waals surface area (Å²) in [4.78, 5) is 0. The number of hydrogen-bond acceptors (Lipinski definition) is 1. The minimum absolute atomic E-state index is 0.0997. The van der Waals surface area contributed by atoms with Crippen molar-refractivity contribution in [2.75, 3.05) is 0 Å². The second-order valence-electron chi connectivity index (χ2n) is 2.74. The predicted octanol–water partition coefficient (Wildman–Crippen LogP) is 2.52. The van der Waals surface area contributed by atoms with Crippen LogP contribution < -0.4 is 0 Å². The van der Waals surface area contributed by atoms with Crippen LogP contribution in [-0.2, 0) is 11.2 Å². The average molecular weight is 186 g/mol. The van der Waals surface area contributed by atoms with Gasteiger partial charge in [0.25, 0.3) is 0 Å². The Labute approximate surface area is 72.4 Å². The van der Waals surface area contributed by atoms with Crippen LogP contribution in [0.25, 0.3) is 0 Å². The van der Waals surface area contributed by atoms with Crippen molar-refractivity contribution >= 4 is 0 Å². The normalized spacial score (nSPS) is 13.6. The van der Waals surface area contributed by atoms with Gasteiger partial charge in [-0.05, 0) is 11.6 Å². The number of allylic oxidation sites excluding steroid dienone is 1. The minimum Gasteiger partial charge on any atom is -0.462 e.